The molecule has 17 heavy (non-hydrogen) atoms. The summed E-state index contributed by atoms with van der Waals surface area (Å²) in [6, 6.07) is 10.4. The molecule has 3 heteroatoms. The van der Waals surface area contributed by atoms with E-state index in [1.807, 2.05) is 13.1 Å². The molecule has 1 rings (SSSR count). The van der Waals surface area contributed by atoms with Crippen LogP contribution in [0.25, 0.3) is 0 Å². The van der Waals surface area contributed by atoms with Gasteiger partial charge in [0.15, 0.2) is 0 Å². The Labute approximate surface area is 103 Å². The number of nitrogens with zero attached hydrogens (tertiary/aromatic N) is 1. The van der Waals surface area contributed by atoms with Crippen molar-refractivity contribution < 1.29 is 9.90 Å². The zero-order valence-electron chi connectivity index (χ0n) is 10.6. The minimum Gasteiger partial charge on any atom is -0.481 e. The van der Waals surface area contributed by atoms with Gasteiger partial charge in [-0.05, 0) is 24.9 Å². The van der Waals surface area contributed by atoms with Crippen LogP contribution in [0.5, 0.6) is 0 Å². The van der Waals surface area contributed by atoms with E-state index >= 15 is 0 Å². The molecular weight excluding hydrogens is 214 g/mol. The average molecular weight is 235 g/mol. The molecule has 0 aliphatic carbocycles. The van der Waals surface area contributed by atoms with E-state index in [1.54, 1.807) is 0 Å². The summed E-state index contributed by atoms with van der Waals surface area (Å²) in [7, 11) is 1.98. The van der Waals surface area contributed by atoms with Gasteiger partial charge in [-0.25, -0.2) is 0 Å². The summed E-state index contributed by atoms with van der Waals surface area (Å²) in [4.78, 5) is 12.5. The molecule has 0 heterocycles. The fraction of sp³-hybridized carbons (Fsp3) is 0.500. The largest absolute Gasteiger partial charge is 0.481 e. The molecule has 0 amide bonds. The van der Waals surface area contributed by atoms with Gasteiger partial charge < -0.3 is 10.0 Å². The Morgan fingerprint density at radius 2 is 2.00 bits per heavy atom. The quantitative estimate of drug-likeness (QED) is 0.788. The van der Waals surface area contributed by atoms with Crippen LogP contribution in [0.3, 0.4) is 0 Å². The molecular formula is C14H21NO2. The highest BCUT2D eigenvalue weighted by atomic mass is 16.4. The van der Waals surface area contributed by atoms with Gasteiger partial charge in [-0.1, -0.05) is 37.3 Å². The molecule has 0 bridgehead atoms. The Bertz CT molecular complexity index is 337. The predicted molar refractivity (Wildman–Crippen MR) is 69.1 cm³/mol. The van der Waals surface area contributed by atoms with Crippen LogP contribution in [0.4, 0.5) is 0 Å². The number of rotatable bonds is 7. The molecule has 1 N–H and O–H groups in total. The van der Waals surface area contributed by atoms with Crippen LogP contribution in [-0.2, 0) is 11.2 Å². The minimum absolute atomic E-state index is 0.217. The fourth-order valence-corrected chi connectivity index (χ4v) is 1.99. The van der Waals surface area contributed by atoms with E-state index in [9.17, 15) is 4.79 Å². The van der Waals surface area contributed by atoms with Gasteiger partial charge in [0.1, 0.15) is 0 Å². The summed E-state index contributed by atoms with van der Waals surface area (Å²) in [6.45, 7) is 3.75. The molecule has 94 valence electrons. The maximum Gasteiger partial charge on any atom is 0.304 e. The summed E-state index contributed by atoms with van der Waals surface area (Å²) in [6.07, 6.45) is 1.26. The topological polar surface area (TPSA) is 40.5 Å². The van der Waals surface area contributed by atoms with Crippen molar-refractivity contribution in [2.24, 2.45) is 5.92 Å². The lowest BCUT2D eigenvalue weighted by Gasteiger charge is -2.20. The van der Waals surface area contributed by atoms with Crippen molar-refractivity contribution in [3.63, 3.8) is 0 Å². The van der Waals surface area contributed by atoms with Crippen molar-refractivity contribution in [1.82, 2.24) is 4.90 Å². The third-order valence-corrected chi connectivity index (χ3v) is 2.76. The van der Waals surface area contributed by atoms with E-state index in [4.69, 9.17) is 5.11 Å². The van der Waals surface area contributed by atoms with Crippen LogP contribution in [0, 0.1) is 5.92 Å². The highest BCUT2D eigenvalue weighted by Gasteiger charge is 2.08. The first-order valence-electron chi connectivity index (χ1n) is 6.02. The first kappa shape index (κ1) is 13.7. The standard InChI is InChI=1S/C14H21NO2/c1-12(10-13-6-4-3-5-7-13)11-15(2)9-8-14(16)17/h3-7,12H,8-11H2,1-2H3,(H,16,17). The average Bonchev–Trinajstić information content (AvgIpc) is 2.27. The van der Waals surface area contributed by atoms with Crippen LogP contribution in [0.1, 0.15) is 18.9 Å². The van der Waals surface area contributed by atoms with E-state index in [0.717, 1.165) is 13.0 Å². The van der Waals surface area contributed by atoms with Crippen LogP contribution < -0.4 is 0 Å². The molecule has 0 fully saturated rings. The molecule has 0 saturated heterocycles. The summed E-state index contributed by atoms with van der Waals surface area (Å²) in [5.41, 5.74) is 1.34. The van der Waals surface area contributed by atoms with Gasteiger partial charge in [0.2, 0.25) is 0 Å². The smallest absolute Gasteiger partial charge is 0.304 e. The number of carboxylic acid groups (broad SMARTS) is 1. The second-order valence-corrected chi connectivity index (χ2v) is 4.70. The van der Waals surface area contributed by atoms with Crippen molar-refractivity contribution in [3.8, 4) is 0 Å². The van der Waals surface area contributed by atoms with E-state index in [1.165, 1.54) is 5.56 Å². The Morgan fingerprint density at radius 3 is 2.59 bits per heavy atom. The number of carboxylic acids is 1. The van der Waals surface area contributed by atoms with Gasteiger partial charge in [-0.3, -0.25) is 4.79 Å². The Balaban J connectivity index is 2.29. The fourth-order valence-electron chi connectivity index (χ4n) is 1.99. The van der Waals surface area contributed by atoms with Crippen molar-refractivity contribution in [2.75, 3.05) is 20.1 Å². The molecule has 0 spiro atoms. The van der Waals surface area contributed by atoms with E-state index in [0.29, 0.717) is 12.5 Å². The zero-order valence-corrected chi connectivity index (χ0v) is 10.6. The maximum atomic E-state index is 10.5. The normalized spacial score (nSPS) is 12.6. The first-order chi connectivity index (χ1) is 8.08. The predicted octanol–water partition coefficient (Wildman–Crippen LogP) is 2.27. The molecule has 1 atom stereocenters. The lowest BCUT2D eigenvalue weighted by molar-refractivity contribution is -0.137. The number of aliphatic carboxylic acids is 1. The second kappa shape index (κ2) is 7.07. The van der Waals surface area contributed by atoms with Gasteiger partial charge in [-0.15, -0.1) is 0 Å². The molecule has 1 aromatic rings. The van der Waals surface area contributed by atoms with Crippen molar-refractivity contribution >= 4 is 5.97 Å². The van der Waals surface area contributed by atoms with Gasteiger partial charge >= 0.3 is 5.97 Å². The maximum absolute atomic E-state index is 10.5. The van der Waals surface area contributed by atoms with Crippen LogP contribution in [0.2, 0.25) is 0 Å². The van der Waals surface area contributed by atoms with E-state index < -0.39 is 5.97 Å². The summed E-state index contributed by atoms with van der Waals surface area (Å²) in [5.74, 6) is -0.191. The highest BCUT2D eigenvalue weighted by molar-refractivity contribution is 5.66. The Kier molecular flexibility index (Phi) is 5.70. The Hall–Kier alpha value is -1.35. The minimum atomic E-state index is -0.729. The third-order valence-electron chi connectivity index (χ3n) is 2.76. The van der Waals surface area contributed by atoms with Crippen molar-refractivity contribution in [3.05, 3.63) is 35.9 Å². The SMILES string of the molecule is CC(Cc1ccccc1)CN(C)CCC(=O)O. The number of carbonyl (C=O) groups is 1. The monoisotopic (exact) mass is 235 g/mol. The Morgan fingerprint density at radius 1 is 1.35 bits per heavy atom. The lowest BCUT2D eigenvalue weighted by Crippen LogP contribution is -2.27. The van der Waals surface area contributed by atoms with Gasteiger partial charge in [-0.2, -0.15) is 0 Å². The zero-order chi connectivity index (χ0) is 12.7. The summed E-state index contributed by atoms with van der Waals surface area (Å²) in [5, 5.41) is 8.61. The van der Waals surface area contributed by atoms with Crippen LogP contribution in [-0.4, -0.2) is 36.1 Å². The second-order valence-electron chi connectivity index (χ2n) is 4.70. The first-order valence-corrected chi connectivity index (χ1v) is 6.02. The molecule has 1 unspecified atom stereocenters. The molecule has 0 saturated carbocycles. The number of hydrogen-bond donors (Lipinski definition) is 1. The summed E-state index contributed by atoms with van der Waals surface area (Å²) >= 11 is 0. The number of benzene rings is 1. The molecule has 1 aromatic carbocycles. The molecule has 0 radical (unpaired) electrons. The highest BCUT2D eigenvalue weighted by Crippen LogP contribution is 2.09. The van der Waals surface area contributed by atoms with Gasteiger partial charge in [0, 0.05) is 13.1 Å². The van der Waals surface area contributed by atoms with E-state index in [-0.39, 0.29) is 6.42 Å². The number of hydrogen-bond acceptors (Lipinski definition) is 2. The molecule has 0 aromatic heterocycles. The van der Waals surface area contributed by atoms with E-state index in [2.05, 4.69) is 36.1 Å². The lowest BCUT2D eigenvalue weighted by atomic mass is 10.0. The van der Waals surface area contributed by atoms with Crippen LogP contribution in [0.15, 0.2) is 30.3 Å². The molecule has 3 nitrogen and oxygen atoms in total. The van der Waals surface area contributed by atoms with Crippen molar-refractivity contribution in [1.29, 1.82) is 0 Å². The van der Waals surface area contributed by atoms with Crippen LogP contribution >= 0.6 is 0 Å². The van der Waals surface area contributed by atoms with Gasteiger partial charge in [0.05, 0.1) is 6.42 Å². The van der Waals surface area contributed by atoms with Crippen molar-refractivity contribution in [2.45, 2.75) is 19.8 Å². The molecule has 0 aliphatic heterocycles. The third kappa shape index (κ3) is 6.07. The summed E-state index contributed by atoms with van der Waals surface area (Å²) < 4.78 is 0. The van der Waals surface area contributed by atoms with Gasteiger partial charge in [0.25, 0.3) is 0 Å². The molecule has 0 aliphatic rings.